The summed E-state index contributed by atoms with van der Waals surface area (Å²) in [6.45, 7) is 0. The molecule has 1 saturated carbocycles. The van der Waals surface area contributed by atoms with Gasteiger partial charge in [-0.25, -0.2) is 4.98 Å². The molecule has 0 saturated heterocycles. The maximum Gasteiger partial charge on any atom is 0.417 e. The predicted molar refractivity (Wildman–Crippen MR) is 103 cm³/mol. The second-order valence-corrected chi connectivity index (χ2v) is 7.36. The highest BCUT2D eigenvalue weighted by Crippen LogP contribution is 2.34. The van der Waals surface area contributed by atoms with Crippen molar-refractivity contribution in [3.63, 3.8) is 0 Å². The SMILES string of the molecule is O=C(Nc1ccc(-c2ccc(C(F)(F)F)c(C(=O)NC3CC3)c2)nn1)c1cscn1. The number of carbonyl (C=O) groups is 2. The summed E-state index contributed by atoms with van der Waals surface area (Å²) in [7, 11) is 0. The van der Waals surface area contributed by atoms with E-state index in [0.29, 0.717) is 5.56 Å². The van der Waals surface area contributed by atoms with Crippen LogP contribution in [0.25, 0.3) is 11.3 Å². The van der Waals surface area contributed by atoms with Gasteiger partial charge >= 0.3 is 6.18 Å². The Kier molecular flexibility index (Phi) is 5.20. The highest BCUT2D eigenvalue weighted by atomic mass is 32.1. The van der Waals surface area contributed by atoms with E-state index < -0.39 is 29.1 Å². The van der Waals surface area contributed by atoms with E-state index in [1.807, 2.05) is 0 Å². The molecule has 0 radical (unpaired) electrons. The summed E-state index contributed by atoms with van der Waals surface area (Å²) in [5, 5.41) is 14.5. The summed E-state index contributed by atoms with van der Waals surface area (Å²) in [5.74, 6) is -1.06. The molecule has 1 aliphatic rings. The third-order valence-corrected chi connectivity index (χ3v) is 4.94. The number of halogens is 3. The van der Waals surface area contributed by atoms with Crippen LogP contribution in [0.5, 0.6) is 0 Å². The number of hydrogen-bond donors (Lipinski definition) is 2. The second kappa shape index (κ2) is 7.82. The monoisotopic (exact) mass is 433 g/mol. The Bertz CT molecular complexity index is 1080. The van der Waals surface area contributed by atoms with Crippen LogP contribution in [0.1, 0.15) is 39.3 Å². The maximum atomic E-state index is 13.3. The van der Waals surface area contributed by atoms with Crippen molar-refractivity contribution < 1.29 is 22.8 Å². The van der Waals surface area contributed by atoms with Crippen molar-refractivity contribution in [2.75, 3.05) is 5.32 Å². The van der Waals surface area contributed by atoms with Gasteiger partial charge in [0.25, 0.3) is 11.8 Å². The molecule has 2 heterocycles. The summed E-state index contributed by atoms with van der Waals surface area (Å²) in [4.78, 5) is 28.2. The van der Waals surface area contributed by atoms with Crippen molar-refractivity contribution in [1.29, 1.82) is 0 Å². The molecule has 2 aromatic heterocycles. The Balaban J connectivity index is 1.58. The standard InChI is InChI=1S/C19H14F3N5O2S/c20-19(21,22)13-4-1-10(7-12(13)17(28)24-11-2-3-11)14-5-6-16(27-26-14)25-18(29)15-8-30-9-23-15/h1,4-9,11H,2-3H2,(H,24,28)(H,25,27,29). The summed E-state index contributed by atoms with van der Waals surface area (Å²) >= 11 is 1.27. The molecule has 2 amide bonds. The molecule has 1 aliphatic carbocycles. The summed E-state index contributed by atoms with van der Waals surface area (Å²) in [6, 6.07) is 6.12. The Morgan fingerprint density at radius 3 is 2.47 bits per heavy atom. The Morgan fingerprint density at radius 2 is 1.87 bits per heavy atom. The van der Waals surface area contributed by atoms with E-state index >= 15 is 0 Å². The molecular formula is C19H14F3N5O2S. The van der Waals surface area contributed by atoms with Crippen LogP contribution < -0.4 is 10.6 Å². The molecule has 3 aromatic rings. The zero-order valence-electron chi connectivity index (χ0n) is 15.2. The first kappa shape index (κ1) is 20.0. The minimum Gasteiger partial charge on any atom is -0.349 e. The number of rotatable bonds is 5. The summed E-state index contributed by atoms with van der Waals surface area (Å²) < 4.78 is 40.0. The topological polar surface area (TPSA) is 96.9 Å². The van der Waals surface area contributed by atoms with Crippen LogP contribution in [0.4, 0.5) is 19.0 Å². The van der Waals surface area contributed by atoms with Crippen molar-refractivity contribution in [2.24, 2.45) is 0 Å². The van der Waals surface area contributed by atoms with Gasteiger partial charge in [0.2, 0.25) is 0 Å². The molecule has 0 spiro atoms. The minimum absolute atomic E-state index is 0.0809. The van der Waals surface area contributed by atoms with Crippen LogP contribution in [0.3, 0.4) is 0 Å². The van der Waals surface area contributed by atoms with E-state index in [4.69, 9.17) is 0 Å². The molecular weight excluding hydrogens is 419 g/mol. The van der Waals surface area contributed by atoms with Gasteiger partial charge in [0.15, 0.2) is 5.82 Å². The first-order valence-corrected chi connectivity index (χ1v) is 9.81. The second-order valence-electron chi connectivity index (χ2n) is 6.64. The number of anilines is 1. The fraction of sp³-hybridized carbons (Fsp3) is 0.211. The highest BCUT2D eigenvalue weighted by Gasteiger charge is 2.36. The van der Waals surface area contributed by atoms with Crippen molar-refractivity contribution in [3.8, 4) is 11.3 Å². The van der Waals surface area contributed by atoms with E-state index in [0.717, 1.165) is 25.0 Å². The molecule has 4 rings (SSSR count). The van der Waals surface area contributed by atoms with Gasteiger partial charge in [-0.05, 0) is 37.1 Å². The lowest BCUT2D eigenvalue weighted by molar-refractivity contribution is -0.137. The molecule has 0 aliphatic heterocycles. The summed E-state index contributed by atoms with van der Waals surface area (Å²) in [5.41, 5.74) is 0.842. The number of nitrogens with one attached hydrogen (secondary N) is 2. The first-order chi connectivity index (χ1) is 14.3. The largest absolute Gasteiger partial charge is 0.417 e. The van der Waals surface area contributed by atoms with Crippen LogP contribution in [0, 0.1) is 0 Å². The molecule has 2 N–H and O–H groups in total. The van der Waals surface area contributed by atoms with Crippen LogP contribution in [0.2, 0.25) is 0 Å². The molecule has 0 unspecified atom stereocenters. The molecule has 7 nitrogen and oxygen atoms in total. The van der Waals surface area contributed by atoms with Crippen LogP contribution in [-0.2, 0) is 6.18 Å². The van der Waals surface area contributed by atoms with Gasteiger partial charge in [-0.1, -0.05) is 6.07 Å². The van der Waals surface area contributed by atoms with Gasteiger partial charge in [0, 0.05) is 17.0 Å². The van der Waals surface area contributed by atoms with E-state index in [1.54, 1.807) is 5.38 Å². The average Bonchev–Trinajstić information content (AvgIpc) is 3.35. The zero-order chi connectivity index (χ0) is 21.3. The predicted octanol–water partition coefficient (Wildman–Crippen LogP) is 3.76. The quantitative estimate of drug-likeness (QED) is 0.639. The molecule has 1 fully saturated rings. The fourth-order valence-corrected chi connectivity index (χ4v) is 3.22. The van der Waals surface area contributed by atoms with E-state index in [2.05, 4.69) is 25.8 Å². The van der Waals surface area contributed by atoms with E-state index in [9.17, 15) is 22.8 Å². The number of alkyl halides is 3. The third-order valence-electron chi connectivity index (χ3n) is 4.35. The van der Waals surface area contributed by atoms with Crippen molar-refractivity contribution in [3.05, 3.63) is 58.0 Å². The van der Waals surface area contributed by atoms with E-state index in [1.165, 1.54) is 35.0 Å². The Hall–Kier alpha value is -3.34. The molecule has 0 atom stereocenters. The number of nitrogens with zero attached hydrogens (tertiary/aromatic N) is 3. The first-order valence-electron chi connectivity index (χ1n) is 8.87. The van der Waals surface area contributed by atoms with Crippen LogP contribution in [-0.4, -0.2) is 33.0 Å². The molecule has 154 valence electrons. The molecule has 0 bridgehead atoms. The van der Waals surface area contributed by atoms with Gasteiger partial charge in [-0.15, -0.1) is 21.5 Å². The van der Waals surface area contributed by atoms with Gasteiger partial charge in [0.1, 0.15) is 5.69 Å². The number of aromatic nitrogens is 3. The average molecular weight is 433 g/mol. The van der Waals surface area contributed by atoms with Crippen molar-refractivity contribution in [2.45, 2.75) is 25.1 Å². The van der Waals surface area contributed by atoms with Gasteiger partial charge < -0.3 is 10.6 Å². The Morgan fingerprint density at radius 1 is 1.07 bits per heavy atom. The highest BCUT2D eigenvalue weighted by molar-refractivity contribution is 7.07. The normalized spacial score (nSPS) is 13.7. The molecule has 11 heteroatoms. The number of carbonyl (C=O) groups excluding carboxylic acids is 2. The number of benzene rings is 1. The van der Waals surface area contributed by atoms with E-state index in [-0.39, 0.29) is 23.2 Å². The molecule has 1 aromatic carbocycles. The number of thiazole rings is 1. The third kappa shape index (κ3) is 4.46. The van der Waals surface area contributed by atoms with Crippen molar-refractivity contribution >= 4 is 29.0 Å². The van der Waals surface area contributed by atoms with Gasteiger partial charge in [-0.2, -0.15) is 13.2 Å². The number of hydrogen-bond acceptors (Lipinski definition) is 6. The lowest BCUT2D eigenvalue weighted by Crippen LogP contribution is -2.28. The van der Waals surface area contributed by atoms with Gasteiger partial charge in [0.05, 0.1) is 22.3 Å². The zero-order valence-corrected chi connectivity index (χ0v) is 16.0. The number of amides is 2. The lowest BCUT2D eigenvalue weighted by atomic mass is 10.0. The summed E-state index contributed by atoms with van der Waals surface area (Å²) in [6.07, 6.45) is -3.15. The minimum atomic E-state index is -4.66. The van der Waals surface area contributed by atoms with Crippen LogP contribution >= 0.6 is 11.3 Å². The molecule has 30 heavy (non-hydrogen) atoms. The fourth-order valence-electron chi connectivity index (χ4n) is 2.69. The lowest BCUT2D eigenvalue weighted by Gasteiger charge is -2.14. The van der Waals surface area contributed by atoms with Gasteiger partial charge in [-0.3, -0.25) is 9.59 Å². The maximum absolute atomic E-state index is 13.3. The Labute approximate surface area is 172 Å². The van der Waals surface area contributed by atoms with Crippen LogP contribution in [0.15, 0.2) is 41.2 Å². The smallest absolute Gasteiger partial charge is 0.349 e. The van der Waals surface area contributed by atoms with Crippen molar-refractivity contribution in [1.82, 2.24) is 20.5 Å².